The van der Waals surface area contributed by atoms with Gasteiger partial charge in [0.05, 0.1) is 23.4 Å². The zero-order valence-electron chi connectivity index (χ0n) is 20.5. The van der Waals surface area contributed by atoms with Gasteiger partial charge in [0.1, 0.15) is 23.7 Å². The van der Waals surface area contributed by atoms with Gasteiger partial charge in [0.15, 0.2) is 0 Å². The minimum atomic E-state index is -0.721. The Labute approximate surface area is 204 Å². The normalized spacial score (nSPS) is 25.3. The highest BCUT2D eigenvalue weighted by Crippen LogP contribution is 2.53. The predicted octanol–water partition coefficient (Wildman–Crippen LogP) is 3.43. The second-order valence-electron chi connectivity index (χ2n) is 10.3. The third kappa shape index (κ3) is 4.97. The number of rotatable bonds is 8. The molecule has 0 saturated heterocycles. The van der Waals surface area contributed by atoms with Crippen LogP contribution < -0.4 is 4.74 Å². The third-order valence-electron chi connectivity index (χ3n) is 7.81. The first-order valence-corrected chi connectivity index (χ1v) is 12.4. The van der Waals surface area contributed by atoms with E-state index >= 15 is 0 Å². The molecule has 2 aromatic rings. The lowest BCUT2D eigenvalue weighted by molar-refractivity contribution is -0.144. The summed E-state index contributed by atoms with van der Waals surface area (Å²) in [4.78, 5) is 30.3. The van der Waals surface area contributed by atoms with E-state index in [0.29, 0.717) is 59.2 Å². The highest BCUT2D eigenvalue weighted by Gasteiger charge is 2.52. The van der Waals surface area contributed by atoms with E-state index in [4.69, 9.17) is 9.47 Å². The monoisotopic (exact) mass is 483 g/mol. The van der Waals surface area contributed by atoms with Crippen LogP contribution >= 0.6 is 0 Å². The van der Waals surface area contributed by atoms with Gasteiger partial charge in [-0.2, -0.15) is 0 Å². The van der Waals surface area contributed by atoms with Crippen molar-refractivity contribution >= 4 is 12.1 Å². The number of carbonyl (C=O) groups excluding carboxylic acids is 1. The highest BCUT2D eigenvalue weighted by atomic mass is 16.6. The molecule has 35 heavy (non-hydrogen) atoms. The average Bonchev–Trinajstić information content (AvgIpc) is 3.49. The molecular formula is C25H33N5O5. The standard InChI is InChI=1S/C25H33N5O5/c1-14-22(35-17-9-16-10-18(16)19(11-17)24(31)32)8-7-20(26-14)23-21(30(3)28-27-23)13-34-25(33)29(2)12-15-5-4-6-15/h7-8,15-19H,4-6,9-13H2,1-3H3,(H,31,32)/t16-,17+,18+,19-/m0/s1. The fraction of sp³-hybridized carbons (Fsp3) is 0.640. The van der Waals surface area contributed by atoms with Gasteiger partial charge in [0.2, 0.25) is 0 Å². The summed E-state index contributed by atoms with van der Waals surface area (Å²) in [6.45, 7) is 2.63. The molecule has 10 nitrogen and oxygen atoms in total. The Morgan fingerprint density at radius 3 is 2.71 bits per heavy atom. The second-order valence-corrected chi connectivity index (χ2v) is 10.3. The van der Waals surface area contributed by atoms with Gasteiger partial charge >= 0.3 is 12.1 Å². The number of ether oxygens (including phenoxy) is 2. The van der Waals surface area contributed by atoms with Gasteiger partial charge in [-0.15, -0.1) is 5.10 Å². The van der Waals surface area contributed by atoms with Crippen LogP contribution in [0, 0.1) is 30.6 Å². The van der Waals surface area contributed by atoms with Gasteiger partial charge in [-0.25, -0.2) is 14.5 Å². The Balaban J connectivity index is 1.24. The number of carboxylic acids is 1. The number of fused-ring (bicyclic) bond motifs is 1. The molecule has 1 N–H and O–H groups in total. The SMILES string of the molecule is Cc1nc(-c2nnn(C)c2COC(=O)N(C)CC2CCC2)ccc1O[C@@H]1C[C@H]2C[C@H]2[C@@H](C(=O)O)C1. The number of hydrogen-bond donors (Lipinski definition) is 1. The fourth-order valence-corrected chi connectivity index (χ4v) is 5.41. The molecule has 188 valence electrons. The van der Waals surface area contributed by atoms with Crippen LogP contribution in [0.25, 0.3) is 11.4 Å². The number of hydrogen-bond acceptors (Lipinski definition) is 7. The van der Waals surface area contributed by atoms with Crippen molar-refractivity contribution in [3.05, 3.63) is 23.5 Å². The van der Waals surface area contributed by atoms with Crippen molar-refractivity contribution in [2.24, 2.45) is 30.7 Å². The molecule has 0 aliphatic heterocycles. The van der Waals surface area contributed by atoms with Crippen LogP contribution in [-0.4, -0.2) is 61.7 Å². The van der Waals surface area contributed by atoms with Crippen molar-refractivity contribution in [1.82, 2.24) is 24.9 Å². The largest absolute Gasteiger partial charge is 0.488 e. The van der Waals surface area contributed by atoms with E-state index in [0.717, 1.165) is 12.8 Å². The summed E-state index contributed by atoms with van der Waals surface area (Å²) in [6, 6.07) is 3.67. The van der Waals surface area contributed by atoms with Gasteiger partial charge in [-0.05, 0) is 68.9 Å². The molecule has 0 radical (unpaired) electrons. The topological polar surface area (TPSA) is 120 Å². The summed E-state index contributed by atoms with van der Waals surface area (Å²) in [6.07, 6.45) is 5.51. The van der Waals surface area contributed by atoms with Crippen LogP contribution in [0.1, 0.15) is 49.9 Å². The van der Waals surface area contributed by atoms with Crippen molar-refractivity contribution < 1.29 is 24.2 Å². The van der Waals surface area contributed by atoms with Crippen molar-refractivity contribution in [2.75, 3.05) is 13.6 Å². The van der Waals surface area contributed by atoms with Crippen LogP contribution in [-0.2, 0) is 23.2 Å². The zero-order valence-corrected chi connectivity index (χ0v) is 20.5. The molecule has 0 bridgehead atoms. The smallest absolute Gasteiger partial charge is 0.409 e. The summed E-state index contributed by atoms with van der Waals surface area (Å²) in [7, 11) is 3.52. The number of pyridine rings is 1. The Morgan fingerprint density at radius 2 is 2.03 bits per heavy atom. The van der Waals surface area contributed by atoms with E-state index in [1.165, 1.54) is 19.3 Å². The Bertz CT molecular complexity index is 1110. The Hall–Kier alpha value is -3.17. The van der Waals surface area contributed by atoms with Crippen molar-refractivity contribution in [3.8, 4) is 17.1 Å². The lowest BCUT2D eigenvalue weighted by atomic mass is 9.85. The van der Waals surface area contributed by atoms with Gasteiger partial charge in [0.25, 0.3) is 0 Å². The summed E-state index contributed by atoms with van der Waals surface area (Å²) >= 11 is 0. The zero-order chi connectivity index (χ0) is 24.7. The van der Waals surface area contributed by atoms with Crippen LogP contribution in [0.3, 0.4) is 0 Å². The molecule has 1 amide bonds. The minimum Gasteiger partial charge on any atom is -0.488 e. The van der Waals surface area contributed by atoms with Crippen molar-refractivity contribution in [1.29, 1.82) is 0 Å². The van der Waals surface area contributed by atoms with Gasteiger partial charge in [-0.3, -0.25) is 4.79 Å². The minimum absolute atomic E-state index is 0.0485. The first-order valence-electron chi connectivity index (χ1n) is 12.4. The number of nitrogens with zero attached hydrogens (tertiary/aromatic N) is 5. The molecule has 2 heterocycles. The van der Waals surface area contributed by atoms with Crippen molar-refractivity contribution in [3.63, 3.8) is 0 Å². The molecule has 3 aliphatic rings. The average molecular weight is 484 g/mol. The van der Waals surface area contributed by atoms with E-state index in [-0.39, 0.29) is 24.7 Å². The molecule has 10 heteroatoms. The Morgan fingerprint density at radius 1 is 1.23 bits per heavy atom. The molecule has 3 aliphatic carbocycles. The lowest BCUT2D eigenvalue weighted by Crippen LogP contribution is -2.34. The van der Waals surface area contributed by atoms with E-state index in [9.17, 15) is 14.7 Å². The van der Waals surface area contributed by atoms with E-state index in [2.05, 4.69) is 15.3 Å². The van der Waals surface area contributed by atoms with E-state index < -0.39 is 5.97 Å². The van der Waals surface area contributed by atoms with Gasteiger partial charge in [-0.1, -0.05) is 11.6 Å². The van der Waals surface area contributed by atoms with Crippen LogP contribution in [0.5, 0.6) is 5.75 Å². The summed E-state index contributed by atoms with van der Waals surface area (Å²) in [5.41, 5.74) is 2.53. The Kier molecular flexibility index (Phi) is 6.37. The summed E-state index contributed by atoms with van der Waals surface area (Å²) < 4.78 is 13.3. The number of amides is 1. The summed E-state index contributed by atoms with van der Waals surface area (Å²) in [5.74, 6) is 0.960. The maximum absolute atomic E-state index is 12.4. The number of aliphatic carboxylic acids is 1. The molecule has 0 aromatic carbocycles. The first kappa shape index (κ1) is 23.6. The van der Waals surface area contributed by atoms with E-state index in [1.54, 1.807) is 23.7 Å². The van der Waals surface area contributed by atoms with Gasteiger partial charge < -0.3 is 19.5 Å². The third-order valence-corrected chi connectivity index (χ3v) is 7.81. The first-order chi connectivity index (χ1) is 16.8. The highest BCUT2D eigenvalue weighted by molar-refractivity contribution is 5.71. The molecule has 4 atom stereocenters. The molecule has 2 aromatic heterocycles. The number of aromatic nitrogens is 4. The van der Waals surface area contributed by atoms with Crippen LogP contribution in [0.15, 0.2) is 12.1 Å². The lowest BCUT2D eigenvalue weighted by Gasteiger charge is -2.29. The quantitative estimate of drug-likeness (QED) is 0.606. The molecule has 3 saturated carbocycles. The maximum Gasteiger partial charge on any atom is 0.409 e. The molecular weight excluding hydrogens is 450 g/mol. The van der Waals surface area contributed by atoms with Crippen LogP contribution in [0.2, 0.25) is 0 Å². The fourth-order valence-electron chi connectivity index (χ4n) is 5.41. The molecule has 5 rings (SSSR count). The summed E-state index contributed by atoms with van der Waals surface area (Å²) in [5, 5.41) is 17.9. The number of aryl methyl sites for hydroxylation is 2. The molecule has 0 spiro atoms. The maximum atomic E-state index is 12.4. The number of carboxylic acid groups (broad SMARTS) is 1. The second kappa shape index (κ2) is 9.47. The molecule has 3 fully saturated rings. The van der Waals surface area contributed by atoms with Crippen molar-refractivity contribution in [2.45, 2.75) is 58.2 Å². The van der Waals surface area contributed by atoms with E-state index in [1.807, 2.05) is 19.1 Å². The number of carbonyl (C=O) groups is 2. The van der Waals surface area contributed by atoms with Crippen LogP contribution in [0.4, 0.5) is 4.79 Å². The predicted molar refractivity (Wildman–Crippen MR) is 125 cm³/mol. The van der Waals surface area contributed by atoms with Gasteiger partial charge in [0, 0.05) is 20.6 Å². The molecule has 0 unspecified atom stereocenters.